The molecule has 0 aliphatic carbocycles. The summed E-state index contributed by atoms with van der Waals surface area (Å²) in [6.45, 7) is 6.02. The van der Waals surface area contributed by atoms with E-state index in [9.17, 15) is 0 Å². The normalized spacial score (nSPS) is 12.0. The molecule has 0 aromatic carbocycles. The molecule has 0 saturated heterocycles. The first-order chi connectivity index (χ1) is 6.38. The maximum absolute atomic E-state index is 4.02. The van der Waals surface area contributed by atoms with Crippen LogP contribution < -0.4 is 15.8 Å². The summed E-state index contributed by atoms with van der Waals surface area (Å²) in [6, 6.07) is 1.99. The molecule has 0 bridgehead atoms. The third kappa shape index (κ3) is 3.74. The van der Waals surface area contributed by atoms with Crippen LogP contribution >= 0.6 is 0 Å². The molecular weight excluding hydrogens is 160 g/mol. The second-order valence-corrected chi connectivity index (χ2v) is 2.23. The predicted molar refractivity (Wildman–Crippen MR) is 58.5 cm³/mol. The highest BCUT2D eigenvalue weighted by Crippen LogP contribution is 1.63. The molecule has 1 rings (SSSR count). The summed E-state index contributed by atoms with van der Waals surface area (Å²) < 4.78 is 0. The van der Waals surface area contributed by atoms with Gasteiger partial charge in [-0.05, 0) is 18.2 Å². The van der Waals surface area contributed by atoms with Gasteiger partial charge in [0.15, 0.2) is 0 Å². The monoisotopic (exact) mass is 178 g/mol. The Morgan fingerprint density at radius 2 is 2.00 bits per heavy atom. The molecule has 1 aromatic rings. The van der Waals surface area contributed by atoms with Crippen molar-refractivity contribution in [3.05, 3.63) is 28.9 Å². The zero-order valence-electron chi connectivity index (χ0n) is 8.83. The molecule has 13 heavy (non-hydrogen) atoms. The van der Waals surface area contributed by atoms with Crippen molar-refractivity contribution < 1.29 is 0 Å². The molecule has 2 heteroatoms. The maximum atomic E-state index is 4.02. The summed E-state index contributed by atoms with van der Waals surface area (Å²) in [5.74, 6) is 0. The fraction of sp³-hybridized carbons (Fsp3) is 0.364. The fourth-order valence-electron chi connectivity index (χ4n) is 0.956. The maximum Gasteiger partial charge on any atom is 0.0360 e. The highest BCUT2D eigenvalue weighted by molar-refractivity contribution is 5.26. The molecule has 1 aromatic heterocycles. The van der Waals surface area contributed by atoms with Gasteiger partial charge in [-0.2, -0.15) is 0 Å². The van der Waals surface area contributed by atoms with E-state index < -0.39 is 0 Å². The second-order valence-electron chi connectivity index (χ2n) is 2.23. The minimum Gasteiger partial charge on any atom is -0.393 e. The highest BCUT2D eigenvalue weighted by Gasteiger charge is 1.79. The van der Waals surface area contributed by atoms with Gasteiger partial charge in [-0.25, -0.2) is 0 Å². The number of pyridine rings is 1. The standard InChI is InChI=1S/C9H12N2.C2H6/c1-3-8-4-5-11-7-9(8)6-10-2;1-2/h3-7,10H,1-2H3;1-2H3/b8-3-,9-6-;. The first kappa shape index (κ1) is 11.7. The van der Waals surface area contributed by atoms with Crippen molar-refractivity contribution in [2.75, 3.05) is 7.05 Å². The minimum atomic E-state index is 1.12. The zero-order chi connectivity index (χ0) is 10.1. The fourth-order valence-corrected chi connectivity index (χ4v) is 0.956. The molecule has 0 saturated carbocycles. The van der Waals surface area contributed by atoms with Gasteiger partial charge in [0, 0.05) is 30.9 Å². The van der Waals surface area contributed by atoms with Crippen LogP contribution in [0.15, 0.2) is 18.5 Å². The Morgan fingerprint density at radius 3 is 2.54 bits per heavy atom. The zero-order valence-corrected chi connectivity index (χ0v) is 8.83. The molecule has 1 heterocycles. The molecule has 0 amide bonds. The van der Waals surface area contributed by atoms with E-state index in [1.807, 2.05) is 46.3 Å². The number of aromatic nitrogens is 1. The van der Waals surface area contributed by atoms with Gasteiger partial charge in [-0.3, -0.25) is 4.98 Å². The van der Waals surface area contributed by atoms with E-state index in [0.29, 0.717) is 0 Å². The molecule has 1 N–H and O–H groups in total. The van der Waals surface area contributed by atoms with Gasteiger partial charge < -0.3 is 5.32 Å². The first-order valence-electron chi connectivity index (χ1n) is 4.62. The van der Waals surface area contributed by atoms with Gasteiger partial charge in [0.05, 0.1) is 0 Å². The summed E-state index contributed by atoms with van der Waals surface area (Å²) in [5, 5.41) is 5.30. The van der Waals surface area contributed by atoms with E-state index in [1.165, 1.54) is 5.22 Å². The third-order valence-corrected chi connectivity index (χ3v) is 1.50. The van der Waals surface area contributed by atoms with Crippen LogP contribution in [0.25, 0.3) is 12.3 Å². The highest BCUT2D eigenvalue weighted by atomic mass is 14.8. The molecule has 0 atom stereocenters. The van der Waals surface area contributed by atoms with Crippen molar-refractivity contribution in [3.8, 4) is 0 Å². The average molecular weight is 178 g/mol. The molecule has 2 nitrogen and oxygen atoms in total. The number of hydrogen-bond acceptors (Lipinski definition) is 2. The molecule has 72 valence electrons. The second kappa shape index (κ2) is 7.35. The molecule has 0 radical (unpaired) electrons. The summed E-state index contributed by atoms with van der Waals surface area (Å²) >= 11 is 0. The van der Waals surface area contributed by atoms with Crippen molar-refractivity contribution in [3.63, 3.8) is 0 Å². The lowest BCUT2D eigenvalue weighted by Crippen LogP contribution is -2.26. The van der Waals surface area contributed by atoms with Gasteiger partial charge in [0.25, 0.3) is 0 Å². The SMILES string of the molecule is C/C=c1/ccnc/c1=C/NC.CC. The molecule has 0 aliphatic heterocycles. The molecular formula is C11H18N2. The summed E-state index contributed by atoms with van der Waals surface area (Å²) in [5.41, 5.74) is 0. The van der Waals surface area contributed by atoms with E-state index in [2.05, 4.69) is 16.4 Å². The van der Waals surface area contributed by atoms with Crippen LogP contribution in [0.3, 0.4) is 0 Å². The van der Waals surface area contributed by atoms with E-state index in [4.69, 9.17) is 0 Å². The summed E-state index contributed by atoms with van der Waals surface area (Å²) in [6.07, 6.45) is 7.63. The van der Waals surface area contributed by atoms with Gasteiger partial charge in [-0.15, -0.1) is 0 Å². The lowest BCUT2D eigenvalue weighted by atomic mass is 10.3. The largest absolute Gasteiger partial charge is 0.393 e. The van der Waals surface area contributed by atoms with E-state index >= 15 is 0 Å². The molecule has 0 spiro atoms. The Balaban J connectivity index is 0.000000671. The topological polar surface area (TPSA) is 24.9 Å². The van der Waals surface area contributed by atoms with Crippen molar-refractivity contribution in [1.29, 1.82) is 0 Å². The first-order valence-corrected chi connectivity index (χ1v) is 4.62. The van der Waals surface area contributed by atoms with Crippen LogP contribution in [0.1, 0.15) is 20.8 Å². The Kier molecular flexibility index (Phi) is 6.60. The quantitative estimate of drug-likeness (QED) is 0.690. The van der Waals surface area contributed by atoms with Crippen LogP contribution in [-0.2, 0) is 0 Å². The minimum absolute atomic E-state index is 1.12. The Bertz CT molecular complexity index is 328. The molecule has 0 aliphatic rings. The van der Waals surface area contributed by atoms with Crippen LogP contribution in [0.4, 0.5) is 0 Å². The third-order valence-electron chi connectivity index (χ3n) is 1.50. The molecule has 0 fully saturated rings. The van der Waals surface area contributed by atoms with Gasteiger partial charge in [0.2, 0.25) is 0 Å². The van der Waals surface area contributed by atoms with Crippen molar-refractivity contribution in [2.45, 2.75) is 20.8 Å². The van der Waals surface area contributed by atoms with E-state index in [1.54, 1.807) is 6.20 Å². The Morgan fingerprint density at radius 1 is 1.31 bits per heavy atom. The van der Waals surface area contributed by atoms with Crippen molar-refractivity contribution in [1.82, 2.24) is 10.3 Å². The summed E-state index contributed by atoms with van der Waals surface area (Å²) in [7, 11) is 1.88. The smallest absolute Gasteiger partial charge is 0.0360 e. The lowest BCUT2D eigenvalue weighted by molar-refractivity contribution is 1.16. The van der Waals surface area contributed by atoms with Gasteiger partial charge in [0.1, 0.15) is 0 Å². The number of nitrogens with zero attached hydrogens (tertiary/aromatic N) is 1. The van der Waals surface area contributed by atoms with Crippen LogP contribution in [0.2, 0.25) is 0 Å². The Labute approximate surface area is 80.0 Å². The van der Waals surface area contributed by atoms with E-state index in [-0.39, 0.29) is 0 Å². The van der Waals surface area contributed by atoms with E-state index in [0.717, 1.165) is 5.22 Å². The number of nitrogens with one attached hydrogen (secondary N) is 1. The van der Waals surface area contributed by atoms with Crippen molar-refractivity contribution in [2.24, 2.45) is 0 Å². The average Bonchev–Trinajstić information content (AvgIpc) is 2.22. The number of rotatable bonds is 1. The number of hydrogen-bond donors (Lipinski definition) is 1. The Hall–Kier alpha value is -1.31. The van der Waals surface area contributed by atoms with Gasteiger partial charge >= 0.3 is 0 Å². The van der Waals surface area contributed by atoms with Gasteiger partial charge in [-0.1, -0.05) is 19.9 Å². The van der Waals surface area contributed by atoms with Crippen molar-refractivity contribution >= 4 is 12.3 Å². The van der Waals surface area contributed by atoms with Crippen LogP contribution in [-0.4, -0.2) is 12.0 Å². The lowest BCUT2D eigenvalue weighted by Gasteiger charge is -1.88. The van der Waals surface area contributed by atoms with Crippen LogP contribution in [0, 0.1) is 0 Å². The predicted octanol–water partition coefficient (Wildman–Crippen LogP) is 0.866. The summed E-state index contributed by atoms with van der Waals surface area (Å²) in [4.78, 5) is 4.02. The van der Waals surface area contributed by atoms with Crippen LogP contribution in [0.5, 0.6) is 0 Å². The molecule has 0 unspecified atom stereocenters.